The van der Waals surface area contributed by atoms with Gasteiger partial charge < -0.3 is 4.74 Å². The van der Waals surface area contributed by atoms with Crippen LogP contribution in [0.2, 0.25) is 0 Å². The molecule has 0 spiro atoms. The first-order valence-corrected chi connectivity index (χ1v) is 10.7. The molecule has 8 heavy (non-hydrogen) atoms. The Hall–Kier alpha value is 1.51. The molecule has 0 bridgehead atoms. The van der Waals surface area contributed by atoms with Crippen molar-refractivity contribution in [3.05, 3.63) is 0 Å². The SMILES string of the molecule is COC(C)=N.[I][V][I]. The van der Waals surface area contributed by atoms with E-state index in [0.717, 1.165) is 0 Å². The van der Waals surface area contributed by atoms with Crippen LogP contribution in [0.5, 0.6) is 0 Å². The fourth-order valence-electron chi connectivity index (χ4n) is 0. The maximum atomic E-state index is 6.52. The van der Waals surface area contributed by atoms with Gasteiger partial charge >= 0.3 is 49.4 Å². The number of ether oxygens (including phenoxy) is 1. The van der Waals surface area contributed by atoms with Gasteiger partial charge in [0.05, 0.1) is 7.11 Å². The van der Waals surface area contributed by atoms with Gasteiger partial charge in [-0.15, -0.1) is 0 Å². The van der Waals surface area contributed by atoms with Gasteiger partial charge in [0, 0.05) is 6.92 Å². The van der Waals surface area contributed by atoms with Gasteiger partial charge in [0.25, 0.3) is 0 Å². The summed E-state index contributed by atoms with van der Waals surface area (Å²) in [6, 6.07) is 0. The van der Waals surface area contributed by atoms with Crippen molar-refractivity contribution >= 4 is 45.9 Å². The van der Waals surface area contributed by atoms with Crippen LogP contribution in [0.25, 0.3) is 0 Å². The fourth-order valence-corrected chi connectivity index (χ4v) is 0. The average Bonchev–Trinajstić information content (AvgIpc) is 1.69. The van der Waals surface area contributed by atoms with Crippen LogP contribution in [-0.4, -0.2) is 13.0 Å². The van der Waals surface area contributed by atoms with E-state index in [4.69, 9.17) is 5.41 Å². The van der Waals surface area contributed by atoms with E-state index in [1.54, 1.807) is 6.92 Å². The summed E-state index contributed by atoms with van der Waals surface area (Å²) in [4.78, 5) is 0. The van der Waals surface area contributed by atoms with Crippen LogP contribution in [0.1, 0.15) is 6.92 Å². The Kier molecular flexibility index (Phi) is 17.3. The second kappa shape index (κ2) is 11.3. The molecule has 0 aliphatic rings. The van der Waals surface area contributed by atoms with E-state index in [9.17, 15) is 0 Å². The molecule has 0 atom stereocenters. The van der Waals surface area contributed by atoms with Crippen LogP contribution >= 0.6 is 40.0 Å². The summed E-state index contributed by atoms with van der Waals surface area (Å²) in [5, 5.41) is 6.52. The molecule has 5 heteroatoms. The van der Waals surface area contributed by atoms with E-state index in [1.165, 1.54) is 7.11 Å². The number of hydrogen-bond donors (Lipinski definition) is 1. The van der Waals surface area contributed by atoms with Crippen molar-refractivity contribution < 1.29 is 14.2 Å². The van der Waals surface area contributed by atoms with Crippen LogP contribution in [0.15, 0.2) is 0 Å². The van der Waals surface area contributed by atoms with E-state index >= 15 is 0 Å². The first-order chi connectivity index (χ1) is 3.68. The molecule has 0 fully saturated rings. The summed E-state index contributed by atoms with van der Waals surface area (Å²) in [6.07, 6.45) is 0. The van der Waals surface area contributed by atoms with Crippen molar-refractivity contribution in [2.45, 2.75) is 6.92 Å². The van der Waals surface area contributed by atoms with Gasteiger partial charge in [0.1, 0.15) is 0 Å². The number of nitrogens with one attached hydrogen (secondary N) is 1. The first-order valence-electron chi connectivity index (χ1n) is 1.70. The predicted molar refractivity (Wildman–Crippen MR) is 48.4 cm³/mol. The Balaban J connectivity index is 0. The zero-order valence-corrected chi connectivity index (χ0v) is 10.3. The van der Waals surface area contributed by atoms with Gasteiger partial charge in [-0.25, -0.2) is 0 Å². The standard InChI is InChI=1S/C3H7NO.2HI.V/c1-3(4)5-2;;;/h4H,1-2H3;2*1H;/q;;;+2/p-2. The second-order valence-corrected chi connectivity index (χ2v) is 12.6. The summed E-state index contributed by atoms with van der Waals surface area (Å²) in [6.45, 7) is 1.58. The molecule has 0 rings (SSSR count). The van der Waals surface area contributed by atoms with Gasteiger partial charge in [-0.2, -0.15) is 0 Å². The maximum absolute atomic E-state index is 6.52. The number of hydrogen-bond acceptors (Lipinski definition) is 2. The molecule has 0 aromatic carbocycles. The summed E-state index contributed by atoms with van der Waals surface area (Å²) in [5.41, 5.74) is 0. The molecule has 0 aliphatic carbocycles. The molecular weight excluding hydrogens is 371 g/mol. The molecule has 0 amide bonds. The normalized spacial score (nSPS) is 6.00. The first kappa shape index (κ1) is 12.2. The van der Waals surface area contributed by atoms with E-state index in [2.05, 4.69) is 44.7 Å². The van der Waals surface area contributed by atoms with Gasteiger partial charge in [-0.3, -0.25) is 5.41 Å². The zero-order valence-electron chi connectivity index (χ0n) is 4.61. The monoisotopic (exact) mass is 378 g/mol. The van der Waals surface area contributed by atoms with Crippen LogP contribution in [-0.2, 0) is 14.2 Å². The van der Waals surface area contributed by atoms with Crippen molar-refractivity contribution in [3.8, 4) is 0 Å². The molecule has 0 saturated heterocycles. The van der Waals surface area contributed by atoms with Crippen LogP contribution in [0, 0.1) is 5.41 Å². The van der Waals surface area contributed by atoms with Gasteiger partial charge in [-0.05, 0) is 0 Å². The quantitative estimate of drug-likeness (QED) is 0.392. The van der Waals surface area contributed by atoms with Crippen LogP contribution in [0.3, 0.4) is 0 Å². The topological polar surface area (TPSA) is 33.1 Å². The van der Waals surface area contributed by atoms with Crippen molar-refractivity contribution in [2.75, 3.05) is 7.11 Å². The molecule has 0 aliphatic heterocycles. The molecule has 0 radical (unpaired) electrons. The summed E-state index contributed by atoms with van der Waals surface area (Å²) in [5.74, 6) is 0.255. The zero-order chi connectivity index (χ0) is 6.99. The number of halogens is 2. The molecule has 0 aromatic heterocycles. The molecule has 0 aromatic rings. The number of methoxy groups -OCH3 is 1. The van der Waals surface area contributed by atoms with E-state index in [0.29, 0.717) is 9.47 Å². The third-order valence-corrected chi connectivity index (χ3v) is 0.306. The van der Waals surface area contributed by atoms with Crippen molar-refractivity contribution in [2.24, 2.45) is 0 Å². The molecular formula is C3H7I2NOV. The van der Waals surface area contributed by atoms with Crippen LogP contribution < -0.4 is 0 Å². The molecule has 2 nitrogen and oxygen atoms in total. The summed E-state index contributed by atoms with van der Waals surface area (Å²) in [7, 11) is 2.10. The second-order valence-electron chi connectivity index (χ2n) is 0.824. The molecule has 0 saturated carbocycles. The Labute approximate surface area is 78.5 Å². The van der Waals surface area contributed by atoms with E-state index in [1.807, 2.05) is 0 Å². The Morgan fingerprint density at radius 1 is 1.62 bits per heavy atom. The minimum atomic E-state index is 0.255. The fraction of sp³-hybridized carbons (Fsp3) is 0.667. The van der Waals surface area contributed by atoms with Crippen molar-refractivity contribution in [1.82, 2.24) is 0 Å². The molecule has 49 valence electrons. The molecule has 1 N–H and O–H groups in total. The summed E-state index contributed by atoms with van der Waals surface area (Å²) >= 11 is 4.74. The van der Waals surface area contributed by atoms with E-state index < -0.39 is 0 Å². The Morgan fingerprint density at radius 3 is 1.75 bits per heavy atom. The minimum absolute atomic E-state index is 0.255. The third kappa shape index (κ3) is 25.8. The predicted octanol–water partition coefficient (Wildman–Crippen LogP) is 2.40. The third-order valence-electron chi connectivity index (χ3n) is 0.306. The van der Waals surface area contributed by atoms with Gasteiger partial charge in [-0.1, -0.05) is 0 Å². The van der Waals surface area contributed by atoms with Crippen LogP contribution in [0.4, 0.5) is 0 Å². The van der Waals surface area contributed by atoms with Gasteiger partial charge in [0.15, 0.2) is 5.90 Å². The Morgan fingerprint density at radius 2 is 1.75 bits per heavy atom. The van der Waals surface area contributed by atoms with E-state index in [-0.39, 0.29) is 5.90 Å². The molecule has 0 heterocycles. The van der Waals surface area contributed by atoms with Crippen molar-refractivity contribution in [3.63, 3.8) is 0 Å². The van der Waals surface area contributed by atoms with Crippen molar-refractivity contribution in [1.29, 1.82) is 5.41 Å². The van der Waals surface area contributed by atoms with Gasteiger partial charge in [0.2, 0.25) is 0 Å². The summed E-state index contributed by atoms with van der Waals surface area (Å²) < 4.78 is 4.33. The molecule has 0 unspecified atom stereocenters. The number of rotatable bonds is 0. The average molecular weight is 378 g/mol. The Bertz CT molecular complexity index is 61.2.